The van der Waals surface area contributed by atoms with Gasteiger partial charge in [-0.2, -0.15) is 0 Å². The van der Waals surface area contributed by atoms with Gasteiger partial charge in [-0.15, -0.1) is 0 Å². The summed E-state index contributed by atoms with van der Waals surface area (Å²) in [6, 6.07) is 0. The predicted molar refractivity (Wildman–Crippen MR) is 117 cm³/mol. The van der Waals surface area contributed by atoms with Crippen LogP contribution in [0.25, 0.3) is 0 Å². The lowest BCUT2D eigenvalue weighted by Gasteiger charge is -2.03. The van der Waals surface area contributed by atoms with Gasteiger partial charge in [0.1, 0.15) is 0 Å². The van der Waals surface area contributed by atoms with Crippen molar-refractivity contribution in [2.75, 3.05) is 26.9 Å². The molecule has 3 heteroatoms. The lowest BCUT2D eigenvalue weighted by Crippen LogP contribution is -2.09. The Morgan fingerprint density at radius 2 is 1.19 bits per heavy atom. The first-order valence-electron chi connectivity index (χ1n) is 12.1. The van der Waals surface area contributed by atoms with Crippen molar-refractivity contribution in [3.8, 4) is 0 Å². The van der Waals surface area contributed by atoms with E-state index in [0.29, 0.717) is 0 Å². The highest BCUT2D eigenvalue weighted by atomic mass is 16.5. The van der Waals surface area contributed by atoms with Gasteiger partial charge < -0.3 is 14.6 Å². The van der Waals surface area contributed by atoms with Crippen LogP contribution in [0.3, 0.4) is 0 Å². The summed E-state index contributed by atoms with van der Waals surface area (Å²) in [5, 5.41) is 8.44. The van der Waals surface area contributed by atoms with Gasteiger partial charge in [-0.25, -0.2) is 0 Å². The molecule has 1 atom stereocenters. The van der Waals surface area contributed by atoms with Crippen LogP contribution in [0.4, 0.5) is 0 Å². The minimum absolute atomic E-state index is 0.153. The minimum Gasteiger partial charge on any atom is -0.394 e. The van der Waals surface area contributed by atoms with Crippen LogP contribution in [0, 0.1) is 0 Å². The van der Waals surface area contributed by atoms with Crippen LogP contribution in [0.5, 0.6) is 0 Å². The fraction of sp³-hybridized carbons (Fsp3) is 1.00. The maximum Gasteiger partial charge on any atom is 0.0806 e. The second kappa shape index (κ2) is 23.9. The lowest BCUT2D eigenvalue weighted by atomic mass is 10.0. The molecule has 164 valence electrons. The average molecular weight is 387 g/mol. The van der Waals surface area contributed by atoms with Gasteiger partial charge in [0.25, 0.3) is 0 Å². The van der Waals surface area contributed by atoms with E-state index in [2.05, 4.69) is 6.92 Å². The molecule has 1 unspecified atom stereocenters. The molecule has 1 fully saturated rings. The predicted octanol–water partition coefficient (Wildman–Crippen LogP) is 7.05. The fourth-order valence-electron chi connectivity index (χ4n) is 3.58. The first kappa shape index (κ1) is 26.9. The molecule has 27 heavy (non-hydrogen) atoms. The number of hydrogen-bond donors (Lipinski definition) is 1. The average Bonchev–Trinajstić information content (AvgIpc) is 3.22. The first-order chi connectivity index (χ1) is 13.3. The number of aliphatic hydroxyl groups is 1. The number of aliphatic hydroxyl groups excluding tert-OH is 1. The maximum atomic E-state index is 8.44. The zero-order valence-corrected chi connectivity index (χ0v) is 18.7. The first-order valence-corrected chi connectivity index (χ1v) is 12.1. The summed E-state index contributed by atoms with van der Waals surface area (Å²) in [6.45, 7) is 4.27. The van der Waals surface area contributed by atoms with Crippen molar-refractivity contribution in [1.29, 1.82) is 0 Å². The highest BCUT2D eigenvalue weighted by Gasteiger charge is 2.12. The monoisotopic (exact) mass is 386 g/mol. The van der Waals surface area contributed by atoms with Crippen molar-refractivity contribution in [3.05, 3.63) is 0 Å². The van der Waals surface area contributed by atoms with Gasteiger partial charge in [-0.1, -0.05) is 103 Å². The third-order valence-electron chi connectivity index (χ3n) is 5.43. The molecular weight excluding hydrogens is 336 g/mol. The number of rotatable bonds is 18. The Balaban J connectivity index is 0.000000797. The lowest BCUT2D eigenvalue weighted by molar-refractivity contribution is 0.0591. The van der Waals surface area contributed by atoms with Crippen molar-refractivity contribution >= 4 is 0 Å². The third-order valence-corrected chi connectivity index (χ3v) is 5.43. The molecule has 1 aliphatic heterocycles. The summed E-state index contributed by atoms with van der Waals surface area (Å²) in [6.07, 6.45) is 25.2. The molecule has 0 amide bonds. The van der Waals surface area contributed by atoms with E-state index < -0.39 is 0 Å². The van der Waals surface area contributed by atoms with Gasteiger partial charge >= 0.3 is 0 Å². The van der Waals surface area contributed by atoms with Crippen LogP contribution in [0.1, 0.15) is 122 Å². The van der Waals surface area contributed by atoms with Crippen molar-refractivity contribution in [1.82, 2.24) is 0 Å². The highest BCUT2D eigenvalue weighted by Crippen LogP contribution is 2.13. The van der Waals surface area contributed by atoms with Gasteiger partial charge in [-0.05, 0) is 19.3 Å². The van der Waals surface area contributed by atoms with Gasteiger partial charge in [0.2, 0.25) is 0 Å². The van der Waals surface area contributed by atoms with Crippen LogP contribution >= 0.6 is 0 Å². The topological polar surface area (TPSA) is 38.7 Å². The third kappa shape index (κ3) is 22.0. The van der Waals surface area contributed by atoms with E-state index in [9.17, 15) is 0 Å². The molecule has 0 radical (unpaired) electrons. The maximum absolute atomic E-state index is 8.44. The summed E-state index contributed by atoms with van der Waals surface area (Å²) < 4.78 is 10.1. The van der Waals surface area contributed by atoms with Gasteiger partial charge in [0.15, 0.2) is 0 Å². The van der Waals surface area contributed by atoms with Crippen molar-refractivity contribution in [2.24, 2.45) is 0 Å². The van der Waals surface area contributed by atoms with E-state index >= 15 is 0 Å². The van der Waals surface area contributed by atoms with E-state index in [1.807, 2.05) is 0 Å². The fourth-order valence-corrected chi connectivity index (χ4v) is 3.58. The molecule has 3 nitrogen and oxygen atoms in total. The van der Waals surface area contributed by atoms with E-state index in [4.69, 9.17) is 14.6 Å². The standard InChI is InChI=1S/C19H40O.C5H10O2/c1-3-4-5-6-7-8-9-10-11-12-13-14-15-16-17-18-19-20-2;6-4-5-2-1-3-7-5/h3-19H2,1-2H3;5-6H,1-4H2. The number of unbranched alkanes of at least 4 members (excludes halogenated alkanes) is 15. The SMILES string of the molecule is CCCCCCCCCCCCCCCCCCOC.OCC1CCCO1. The van der Waals surface area contributed by atoms with E-state index in [0.717, 1.165) is 26.1 Å². The molecule has 1 rings (SSSR count). The largest absolute Gasteiger partial charge is 0.394 e. The van der Waals surface area contributed by atoms with Gasteiger partial charge in [0, 0.05) is 20.3 Å². The van der Waals surface area contributed by atoms with E-state index in [1.54, 1.807) is 7.11 Å². The summed E-state index contributed by atoms with van der Waals surface area (Å²) >= 11 is 0. The Hall–Kier alpha value is -0.120. The van der Waals surface area contributed by atoms with Crippen LogP contribution in [0.2, 0.25) is 0 Å². The molecule has 0 aliphatic carbocycles. The summed E-state index contributed by atoms with van der Waals surface area (Å²) in [4.78, 5) is 0. The van der Waals surface area contributed by atoms with Crippen LogP contribution in [-0.2, 0) is 9.47 Å². The molecule has 0 aromatic heterocycles. The molecule has 0 spiro atoms. The van der Waals surface area contributed by atoms with Gasteiger partial charge in [0.05, 0.1) is 12.7 Å². The zero-order chi connectivity index (χ0) is 19.8. The number of hydrogen-bond acceptors (Lipinski definition) is 3. The zero-order valence-electron chi connectivity index (χ0n) is 18.7. The molecule has 1 saturated heterocycles. The summed E-state index contributed by atoms with van der Waals surface area (Å²) in [5.74, 6) is 0. The van der Waals surface area contributed by atoms with Crippen LogP contribution in [-0.4, -0.2) is 38.1 Å². The summed E-state index contributed by atoms with van der Waals surface area (Å²) in [5.41, 5.74) is 0. The summed E-state index contributed by atoms with van der Waals surface area (Å²) in [7, 11) is 1.80. The Labute approximate surface area is 170 Å². The highest BCUT2D eigenvalue weighted by molar-refractivity contribution is 4.61. The van der Waals surface area contributed by atoms with E-state index in [1.165, 1.54) is 103 Å². The second-order valence-corrected chi connectivity index (χ2v) is 8.11. The number of ether oxygens (including phenoxy) is 2. The molecule has 0 saturated carbocycles. The Bertz CT molecular complexity index is 234. The van der Waals surface area contributed by atoms with Crippen LogP contribution in [0.15, 0.2) is 0 Å². The van der Waals surface area contributed by atoms with Crippen molar-refractivity contribution < 1.29 is 14.6 Å². The molecule has 1 N–H and O–H groups in total. The molecule has 1 aliphatic rings. The van der Waals surface area contributed by atoms with E-state index in [-0.39, 0.29) is 12.7 Å². The molecule has 0 bridgehead atoms. The second-order valence-electron chi connectivity index (χ2n) is 8.11. The molecule has 0 aromatic carbocycles. The quantitative estimate of drug-likeness (QED) is 0.256. The normalized spacial score (nSPS) is 16.3. The number of methoxy groups -OCH3 is 1. The van der Waals surface area contributed by atoms with Crippen molar-refractivity contribution in [3.63, 3.8) is 0 Å². The molecule has 0 aromatic rings. The molecule has 1 heterocycles. The van der Waals surface area contributed by atoms with Gasteiger partial charge in [-0.3, -0.25) is 0 Å². The Morgan fingerprint density at radius 3 is 1.48 bits per heavy atom. The Morgan fingerprint density at radius 1 is 0.741 bits per heavy atom. The van der Waals surface area contributed by atoms with Crippen molar-refractivity contribution in [2.45, 2.75) is 129 Å². The molecular formula is C24H50O3. The minimum atomic E-state index is 0.153. The Kier molecular flexibility index (Phi) is 23.8. The van der Waals surface area contributed by atoms with Crippen LogP contribution < -0.4 is 0 Å². The smallest absolute Gasteiger partial charge is 0.0806 e.